The third kappa shape index (κ3) is 3.14. The van der Waals surface area contributed by atoms with Crippen molar-refractivity contribution in [1.29, 1.82) is 0 Å². The van der Waals surface area contributed by atoms with E-state index in [1.54, 1.807) is 67.1 Å². The normalized spacial score (nSPS) is 11.7. The van der Waals surface area contributed by atoms with Crippen LogP contribution >= 0.6 is 0 Å². The number of halogens is 2. The predicted octanol–water partition coefficient (Wildman–Crippen LogP) is 3.87. The van der Waals surface area contributed by atoms with Crippen molar-refractivity contribution in [3.8, 4) is 17.1 Å². The van der Waals surface area contributed by atoms with E-state index in [-0.39, 0.29) is 5.65 Å². The maximum Gasteiger partial charge on any atom is 0.320 e. The largest absolute Gasteiger partial charge is 0.496 e. The highest BCUT2D eigenvalue weighted by molar-refractivity contribution is 5.85. The first-order valence-corrected chi connectivity index (χ1v) is 9.38. The van der Waals surface area contributed by atoms with E-state index in [4.69, 9.17) is 4.74 Å². The van der Waals surface area contributed by atoms with Crippen molar-refractivity contribution in [2.75, 3.05) is 12.4 Å². The van der Waals surface area contributed by atoms with Crippen molar-refractivity contribution >= 4 is 33.7 Å². The summed E-state index contributed by atoms with van der Waals surface area (Å²) in [6.07, 6.45) is 3.02. The number of nitrogens with one attached hydrogen (secondary N) is 1. The molecule has 0 aromatic carbocycles. The number of ether oxygens (including phenoxy) is 1. The number of alkyl halides is 2. The Morgan fingerprint density at radius 2 is 1.84 bits per heavy atom. The Morgan fingerprint density at radius 3 is 2.61 bits per heavy atom. The van der Waals surface area contributed by atoms with Gasteiger partial charge in [0, 0.05) is 37.8 Å². The van der Waals surface area contributed by atoms with Crippen molar-refractivity contribution in [1.82, 2.24) is 34.1 Å². The van der Waals surface area contributed by atoms with Gasteiger partial charge in [0.05, 0.1) is 24.4 Å². The number of hydrogen-bond donors (Lipinski definition) is 1. The van der Waals surface area contributed by atoms with Crippen molar-refractivity contribution in [2.24, 2.45) is 14.1 Å². The van der Waals surface area contributed by atoms with Gasteiger partial charge in [-0.25, -0.2) is 9.97 Å². The van der Waals surface area contributed by atoms with Gasteiger partial charge in [0.2, 0.25) is 0 Å². The number of fused-ring (bicyclic) bond motifs is 2. The average molecular weight is 424 g/mol. The van der Waals surface area contributed by atoms with Crippen molar-refractivity contribution in [3.05, 3.63) is 42.7 Å². The van der Waals surface area contributed by atoms with E-state index in [9.17, 15) is 8.78 Å². The molecule has 1 N–H and O–H groups in total. The molecule has 0 fully saturated rings. The quantitative estimate of drug-likeness (QED) is 0.461. The lowest BCUT2D eigenvalue weighted by atomic mass is 10.2. The lowest BCUT2D eigenvalue weighted by Gasteiger charge is -2.08. The van der Waals surface area contributed by atoms with Gasteiger partial charge in [0.25, 0.3) is 0 Å². The van der Waals surface area contributed by atoms with Gasteiger partial charge in [-0.05, 0) is 18.2 Å². The van der Waals surface area contributed by atoms with E-state index >= 15 is 0 Å². The monoisotopic (exact) mass is 424 g/mol. The number of nitrogens with zero attached hydrogens (tertiary/aromatic N) is 7. The number of anilines is 2. The lowest BCUT2D eigenvalue weighted by Crippen LogP contribution is -2.02. The molecule has 158 valence electrons. The molecule has 5 heterocycles. The van der Waals surface area contributed by atoms with Crippen LogP contribution in [0.25, 0.3) is 33.5 Å². The fourth-order valence-electron chi connectivity index (χ4n) is 3.49. The molecular formula is C20H18F2N8O. The van der Waals surface area contributed by atoms with Gasteiger partial charge < -0.3 is 10.1 Å². The van der Waals surface area contributed by atoms with E-state index in [2.05, 4.69) is 25.5 Å². The molecule has 0 aliphatic heterocycles. The maximum absolute atomic E-state index is 13.2. The smallest absolute Gasteiger partial charge is 0.320 e. The minimum Gasteiger partial charge on any atom is -0.496 e. The fourth-order valence-corrected chi connectivity index (χ4v) is 3.49. The summed E-state index contributed by atoms with van der Waals surface area (Å²) in [5, 5.41) is 13.4. The fraction of sp³-hybridized carbons (Fsp3) is 0.200. The average Bonchev–Trinajstić information content (AvgIpc) is 3.45. The van der Waals surface area contributed by atoms with Crippen molar-refractivity contribution < 1.29 is 13.5 Å². The molecule has 11 heteroatoms. The topological polar surface area (TPSA) is 87.6 Å². The Balaban J connectivity index is 1.52. The highest BCUT2D eigenvalue weighted by atomic mass is 19.3. The van der Waals surface area contributed by atoms with Gasteiger partial charge in [0.1, 0.15) is 28.7 Å². The summed E-state index contributed by atoms with van der Waals surface area (Å²) in [6, 6.07) is 8.67. The standard InChI is InChI=1S/C20H18F2N8O/c1-28-17(25-16-9-15(31-3)12-10-23-29(2)19(12)26-16)8-14(27-28)13-5-4-11-6-7-30(20(21)22)18(11)24-13/h4-10,20H,1-3H3,(H,25,26). The summed E-state index contributed by atoms with van der Waals surface area (Å²) >= 11 is 0. The van der Waals surface area contributed by atoms with Crippen LogP contribution in [0.2, 0.25) is 0 Å². The third-order valence-electron chi connectivity index (χ3n) is 5.06. The van der Waals surface area contributed by atoms with Crippen LogP contribution in [-0.2, 0) is 14.1 Å². The molecule has 0 atom stereocenters. The van der Waals surface area contributed by atoms with Gasteiger partial charge in [-0.2, -0.15) is 19.0 Å². The number of aryl methyl sites for hydroxylation is 2. The van der Waals surface area contributed by atoms with Crippen LogP contribution in [0.15, 0.2) is 42.7 Å². The highest BCUT2D eigenvalue weighted by Crippen LogP contribution is 2.30. The molecule has 0 amide bonds. The third-order valence-corrected chi connectivity index (χ3v) is 5.06. The van der Waals surface area contributed by atoms with Crippen LogP contribution in [-0.4, -0.2) is 41.2 Å². The lowest BCUT2D eigenvalue weighted by molar-refractivity contribution is 0.0746. The summed E-state index contributed by atoms with van der Waals surface area (Å²) in [6.45, 7) is -2.66. The molecular weight excluding hydrogens is 406 g/mol. The zero-order valence-corrected chi connectivity index (χ0v) is 16.9. The Morgan fingerprint density at radius 1 is 1.00 bits per heavy atom. The van der Waals surface area contributed by atoms with Crippen LogP contribution in [0.5, 0.6) is 5.75 Å². The molecule has 5 rings (SSSR count). The molecule has 5 aromatic rings. The molecule has 0 saturated heterocycles. The van der Waals surface area contributed by atoms with E-state index < -0.39 is 6.55 Å². The number of aromatic nitrogens is 7. The van der Waals surface area contributed by atoms with E-state index in [1.807, 2.05) is 0 Å². The minimum atomic E-state index is -2.66. The number of pyridine rings is 2. The first kappa shape index (κ1) is 19.0. The van der Waals surface area contributed by atoms with E-state index in [0.717, 1.165) is 9.95 Å². The second-order valence-electron chi connectivity index (χ2n) is 6.99. The Bertz CT molecular complexity index is 1420. The van der Waals surface area contributed by atoms with Gasteiger partial charge in [0.15, 0.2) is 5.65 Å². The number of methoxy groups -OCH3 is 1. The van der Waals surface area contributed by atoms with Gasteiger partial charge in [-0.1, -0.05) is 0 Å². The van der Waals surface area contributed by atoms with Gasteiger partial charge in [-0.15, -0.1) is 0 Å². The molecule has 31 heavy (non-hydrogen) atoms. The zero-order chi connectivity index (χ0) is 21.7. The Kier molecular flexibility index (Phi) is 4.31. The van der Waals surface area contributed by atoms with Crippen molar-refractivity contribution in [3.63, 3.8) is 0 Å². The Labute approximate surface area is 174 Å². The van der Waals surface area contributed by atoms with Crippen LogP contribution in [0.3, 0.4) is 0 Å². The van der Waals surface area contributed by atoms with Gasteiger partial charge >= 0.3 is 6.55 Å². The summed E-state index contributed by atoms with van der Waals surface area (Å²) in [5.41, 5.74) is 1.91. The molecule has 5 aromatic heterocycles. The second kappa shape index (κ2) is 7.04. The highest BCUT2D eigenvalue weighted by Gasteiger charge is 2.16. The summed E-state index contributed by atoms with van der Waals surface area (Å²) in [7, 11) is 5.16. The number of rotatable bonds is 5. The van der Waals surface area contributed by atoms with Gasteiger partial charge in [-0.3, -0.25) is 13.9 Å². The van der Waals surface area contributed by atoms with E-state index in [1.165, 1.54) is 6.20 Å². The first-order valence-electron chi connectivity index (χ1n) is 9.38. The second-order valence-corrected chi connectivity index (χ2v) is 6.99. The van der Waals surface area contributed by atoms with E-state index in [0.29, 0.717) is 39.8 Å². The molecule has 0 radical (unpaired) electrons. The molecule has 0 aliphatic carbocycles. The van der Waals surface area contributed by atoms with Crippen LogP contribution in [0, 0.1) is 0 Å². The molecule has 0 saturated carbocycles. The van der Waals surface area contributed by atoms with Crippen LogP contribution in [0.1, 0.15) is 6.55 Å². The predicted molar refractivity (Wildman–Crippen MR) is 112 cm³/mol. The van der Waals surface area contributed by atoms with Crippen LogP contribution in [0.4, 0.5) is 20.4 Å². The van der Waals surface area contributed by atoms with Crippen molar-refractivity contribution in [2.45, 2.75) is 6.55 Å². The Hall–Kier alpha value is -4.02. The van der Waals surface area contributed by atoms with Crippen LogP contribution < -0.4 is 10.1 Å². The molecule has 0 aliphatic rings. The zero-order valence-electron chi connectivity index (χ0n) is 16.9. The SMILES string of the molecule is COc1cc(Nc2cc(-c3ccc4ccn(C(F)F)c4n3)nn2C)nc2c1cnn2C. The maximum atomic E-state index is 13.2. The molecule has 0 spiro atoms. The summed E-state index contributed by atoms with van der Waals surface area (Å²) < 4.78 is 36.0. The molecule has 0 bridgehead atoms. The molecule has 9 nitrogen and oxygen atoms in total. The summed E-state index contributed by atoms with van der Waals surface area (Å²) in [4.78, 5) is 8.99. The minimum absolute atomic E-state index is 0.209. The first-order chi connectivity index (χ1) is 14.9. The summed E-state index contributed by atoms with van der Waals surface area (Å²) in [5.74, 6) is 1.84. The molecule has 0 unspecified atom stereocenters. The number of hydrogen-bond acceptors (Lipinski definition) is 6.